The van der Waals surface area contributed by atoms with Crippen LogP contribution >= 0.6 is 15.9 Å². The summed E-state index contributed by atoms with van der Waals surface area (Å²) >= 11 is 3.41. The van der Waals surface area contributed by atoms with E-state index in [4.69, 9.17) is 14.2 Å². The highest BCUT2D eigenvalue weighted by Crippen LogP contribution is 2.32. The Hall–Kier alpha value is -1.11. The molecule has 7 heteroatoms. The number of ether oxygens (including phenoxy) is 3. The summed E-state index contributed by atoms with van der Waals surface area (Å²) in [6.07, 6.45) is 23.4. The zero-order valence-corrected chi connectivity index (χ0v) is 28.0. The molecule has 1 saturated carbocycles. The van der Waals surface area contributed by atoms with Gasteiger partial charge in [0.1, 0.15) is 19.8 Å². The molecule has 6 nitrogen and oxygen atoms in total. The fourth-order valence-corrected chi connectivity index (χ4v) is 5.92. The summed E-state index contributed by atoms with van der Waals surface area (Å²) < 4.78 is 16.7. The third-order valence-corrected chi connectivity index (χ3v) is 8.88. The van der Waals surface area contributed by atoms with Gasteiger partial charge in [0.25, 0.3) is 0 Å². The summed E-state index contributed by atoms with van der Waals surface area (Å²) in [6, 6.07) is 0. The maximum absolute atomic E-state index is 12.8. The summed E-state index contributed by atoms with van der Waals surface area (Å²) in [7, 11) is 0. The van der Waals surface area contributed by atoms with E-state index in [1.165, 1.54) is 64.2 Å². The molecule has 0 aromatic carbocycles. The summed E-state index contributed by atoms with van der Waals surface area (Å²) in [5.41, 5.74) is 0. The highest BCUT2D eigenvalue weighted by atomic mass is 79.9. The molecule has 0 spiro atoms. The highest BCUT2D eigenvalue weighted by Gasteiger charge is 2.28. The topological polar surface area (TPSA) is 78.9 Å². The minimum absolute atomic E-state index is 0.0516. The first-order valence-electron chi connectivity index (χ1n) is 17.0. The van der Waals surface area contributed by atoms with Crippen LogP contribution in [0, 0.1) is 17.8 Å². The van der Waals surface area contributed by atoms with Gasteiger partial charge in [0.15, 0.2) is 0 Å². The van der Waals surface area contributed by atoms with Crippen molar-refractivity contribution in [3.05, 3.63) is 0 Å². The summed E-state index contributed by atoms with van der Waals surface area (Å²) in [5, 5.41) is 0.931. The van der Waals surface area contributed by atoms with Crippen LogP contribution in [0.25, 0.3) is 0 Å². The van der Waals surface area contributed by atoms with Crippen molar-refractivity contribution in [2.24, 2.45) is 17.8 Å². The second-order valence-electron chi connectivity index (χ2n) is 12.2. The smallest absolute Gasteiger partial charge is 0.308 e. The Labute approximate surface area is 259 Å². The largest absolute Gasteiger partial charge is 0.465 e. The fourth-order valence-electron chi connectivity index (χ4n) is 5.52. The molecule has 41 heavy (non-hydrogen) atoms. The van der Waals surface area contributed by atoms with Gasteiger partial charge in [-0.05, 0) is 50.9 Å². The molecule has 0 bridgehead atoms. The minimum atomic E-state index is -0.345. The Kier molecular flexibility index (Phi) is 24.5. The first kappa shape index (κ1) is 37.9. The monoisotopic (exact) mass is 644 g/mol. The second-order valence-corrected chi connectivity index (χ2v) is 12.9. The molecular weight excluding hydrogens is 584 g/mol. The zero-order chi connectivity index (χ0) is 30.0. The number of rotatable bonds is 26. The molecule has 0 amide bonds. The van der Waals surface area contributed by atoms with E-state index < -0.39 is 0 Å². The fraction of sp³-hybridized carbons (Fsp3) is 0.912. The van der Waals surface area contributed by atoms with Gasteiger partial charge in [-0.25, -0.2) is 0 Å². The van der Waals surface area contributed by atoms with Crippen LogP contribution in [0.5, 0.6) is 0 Å². The number of alkyl halides is 1. The maximum atomic E-state index is 12.8. The van der Waals surface area contributed by atoms with Gasteiger partial charge in [-0.15, -0.1) is 0 Å². The Bertz CT molecular complexity index is 662. The average Bonchev–Trinajstić information content (AvgIpc) is 2.98. The number of halogens is 1. The van der Waals surface area contributed by atoms with E-state index in [2.05, 4.69) is 29.8 Å². The van der Waals surface area contributed by atoms with Crippen molar-refractivity contribution >= 4 is 33.8 Å². The molecule has 1 rings (SSSR count). The van der Waals surface area contributed by atoms with Gasteiger partial charge in [0, 0.05) is 18.2 Å². The van der Waals surface area contributed by atoms with Crippen molar-refractivity contribution in [1.29, 1.82) is 0 Å². The normalized spacial score (nSPS) is 17.6. The molecule has 1 unspecified atom stereocenters. The van der Waals surface area contributed by atoms with Crippen LogP contribution in [-0.4, -0.2) is 43.1 Å². The number of esters is 3. The van der Waals surface area contributed by atoms with Crippen molar-refractivity contribution in [1.82, 2.24) is 0 Å². The molecule has 0 saturated heterocycles. The molecule has 0 N–H and O–H groups in total. The Morgan fingerprint density at radius 3 is 1.61 bits per heavy atom. The summed E-state index contributed by atoms with van der Waals surface area (Å²) in [6.45, 7) is 4.77. The van der Waals surface area contributed by atoms with Gasteiger partial charge in [0.05, 0.1) is 11.8 Å². The van der Waals surface area contributed by atoms with Gasteiger partial charge in [-0.3, -0.25) is 14.4 Å². The maximum Gasteiger partial charge on any atom is 0.308 e. The molecule has 0 aromatic heterocycles. The van der Waals surface area contributed by atoms with Gasteiger partial charge >= 0.3 is 17.9 Å². The van der Waals surface area contributed by atoms with E-state index >= 15 is 0 Å². The number of hydrogen-bond acceptors (Lipinski definition) is 6. The third-order valence-electron chi connectivity index (χ3n) is 8.32. The predicted molar refractivity (Wildman–Crippen MR) is 170 cm³/mol. The van der Waals surface area contributed by atoms with Crippen molar-refractivity contribution in [2.45, 2.75) is 155 Å². The lowest BCUT2D eigenvalue weighted by Crippen LogP contribution is -2.29. The van der Waals surface area contributed by atoms with Crippen molar-refractivity contribution < 1.29 is 28.6 Å². The number of carbonyl (C=O) groups excluding carboxylic acids is 3. The van der Waals surface area contributed by atoms with E-state index in [0.29, 0.717) is 12.8 Å². The first-order chi connectivity index (χ1) is 20.0. The quantitative estimate of drug-likeness (QED) is 0.0404. The minimum Gasteiger partial charge on any atom is -0.465 e. The van der Waals surface area contributed by atoms with Crippen LogP contribution < -0.4 is 0 Å². The van der Waals surface area contributed by atoms with Crippen LogP contribution in [0.15, 0.2) is 0 Å². The lowest BCUT2D eigenvalue weighted by atomic mass is 9.80. The van der Waals surface area contributed by atoms with Gasteiger partial charge in [-0.2, -0.15) is 0 Å². The first-order valence-corrected chi connectivity index (χ1v) is 18.2. The van der Waals surface area contributed by atoms with Crippen molar-refractivity contribution in [2.75, 3.05) is 25.2 Å². The molecule has 240 valence electrons. The van der Waals surface area contributed by atoms with Crippen LogP contribution in [0.1, 0.15) is 155 Å². The second kappa shape index (κ2) is 26.5. The predicted octanol–water partition coefficient (Wildman–Crippen LogP) is 9.50. The molecule has 0 heterocycles. The summed E-state index contributed by atoms with van der Waals surface area (Å²) in [5.74, 6) is -0.307. The molecule has 1 aliphatic rings. The van der Waals surface area contributed by atoms with Gasteiger partial charge < -0.3 is 14.2 Å². The van der Waals surface area contributed by atoms with Crippen LogP contribution in [0.3, 0.4) is 0 Å². The Morgan fingerprint density at radius 1 is 0.610 bits per heavy atom. The number of unbranched alkanes of at least 4 members (excludes halogenated alkanes) is 12. The molecule has 0 aliphatic heterocycles. The SMILES string of the molecule is CCCCCCCCCCCC(=O)OCC(COC(=O)CCCCCBr)COC(=O)C1CCC(CCCCC)CC1. The van der Waals surface area contributed by atoms with E-state index in [1.807, 2.05) is 0 Å². The molecule has 1 aliphatic carbocycles. The molecule has 0 aromatic rings. The van der Waals surface area contributed by atoms with E-state index in [1.54, 1.807) is 0 Å². The van der Waals surface area contributed by atoms with E-state index in [0.717, 1.165) is 75.5 Å². The lowest BCUT2D eigenvalue weighted by molar-refractivity contribution is -0.156. The average molecular weight is 646 g/mol. The molecule has 0 radical (unpaired) electrons. The van der Waals surface area contributed by atoms with Gasteiger partial charge in [0.2, 0.25) is 0 Å². The van der Waals surface area contributed by atoms with Crippen LogP contribution in [0.2, 0.25) is 0 Å². The molecule has 1 fully saturated rings. The number of carbonyl (C=O) groups is 3. The van der Waals surface area contributed by atoms with Gasteiger partial charge in [-0.1, -0.05) is 113 Å². The zero-order valence-electron chi connectivity index (χ0n) is 26.4. The Balaban J connectivity index is 2.38. The lowest BCUT2D eigenvalue weighted by Gasteiger charge is -2.27. The van der Waals surface area contributed by atoms with Crippen molar-refractivity contribution in [3.8, 4) is 0 Å². The summed E-state index contributed by atoms with van der Waals surface area (Å²) in [4.78, 5) is 37.4. The highest BCUT2D eigenvalue weighted by molar-refractivity contribution is 9.09. The van der Waals surface area contributed by atoms with E-state index in [9.17, 15) is 14.4 Å². The van der Waals surface area contributed by atoms with Crippen LogP contribution in [-0.2, 0) is 28.6 Å². The van der Waals surface area contributed by atoms with Crippen molar-refractivity contribution in [3.63, 3.8) is 0 Å². The molecule has 1 atom stereocenters. The standard InChI is InChI=1S/C34H61BrO6/c1-3-5-7-8-9-10-11-12-15-19-32(36)39-26-30(27-40-33(37)20-16-13-17-25-35)28-41-34(38)31-23-21-29(22-24-31)18-14-6-4-2/h29-31H,3-28H2,1-2H3. The molecular formula is C34H61BrO6. The number of hydrogen-bond donors (Lipinski definition) is 0. The third kappa shape index (κ3) is 21.3. The van der Waals surface area contributed by atoms with Crippen LogP contribution in [0.4, 0.5) is 0 Å². The van der Waals surface area contributed by atoms with E-state index in [-0.39, 0.29) is 49.6 Å². The Morgan fingerprint density at radius 2 is 1.07 bits per heavy atom.